The summed E-state index contributed by atoms with van der Waals surface area (Å²) in [5.74, 6) is -1.25. The van der Waals surface area contributed by atoms with Crippen LogP contribution in [0, 0.1) is 11.6 Å². The number of benzene rings is 2. The molecule has 1 aliphatic heterocycles. The predicted molar refractivity (Wildman–Crippen MR) is 89.1 cm³/mol. The first-order chi connectivity index (χ1) is 12.6. The standard InChI is InChI=1S/C19H15F2N3O2/c20-14-9-13(10-15(21)11-14)19(25)24-8-4-7-16(24)18-22-17(23-26-18)12-5-2-1-3-6-12/h1-3,5-6,9-11,16H,4,7-8H2. The maximum absolute atomic E-state index is 13.4. The Hall–Kier alpha value is -3.09. The lowest BCUT2D eigenvalue weighted by atomic mass is 10.1. The van der Waals surface area contributed by atoms with Crippen LogP contribution in [-0.2, 0) is 0 Å². The van der Waals surface area contributed by atoms with E-state index < -0.39 is 23.6 Å². The smallest absolute Gasteiger partial charge is 0.254 e. The van der Waals surface area contributed by atoms with Gasteiger partial charge in [-0.3, -0.25) is 4.79 Å². The zero-order valence-electron chi connectivity index (χ0n) is 13.7. The van der Waals surface area contributed by atoms with Gasteiger partial charge in [0.25, 0.3) is 5.91 Å². The minimum Gasteiger partial charge on any atom is -0.337 e. The number of rotatable bonds is 3. The molecule has 0 radical (unpaired) electrons. The van der Waals surface area contributed by atoms with Gasteiger partial charge in [0, 0.05) is 23.7 Å². The fourth-order valence-corrected chi connectivity index (χ4v) is 3.18. The molecule has 0 N–H and O–H groups in total. The van der Waals surface area contributed by atoms with E-state index in [1.807, 2.05) is 30.3 Å². The van der Waals surface area contributed by atoms with Crippen LogP contribution >= 0.6 is 0 Å². The number of hydrogen-bond acceptors (Lipinski definition) is 4. The van der Waals surface area contributed by atoms with Crippen LogP contribution < -0.4 is 0 Å². The summed E-state index contributed by atoms with van der Waals surface area (Å²) in [5.41, 5.74) is 0.780. The van der Waals surface area contributed by atoms with Crippen LogP contribution in [0.5, 0.6) is 0 Å². The average molecular weight is 355 g/mol. The molecule has 1 amide bonds. The molecule has 0 aliphatic carbocycles. The van der Waals surface area contributed by atoms with E-state index in [2.05, 4.69) is 10.1 Å². The third kappa shape index (κ3) is 3.08. The van der Waals surface area contributed by atoms with Gasteiger partial charge in [-0.2, -0.15) is 4.98 Å². The van der Waals surface area contributed by atoms with E-state index in [-0.39, 0.29) is 5.56 Å². The number of likely N-dealkylation sites (tertiary alicyclic amines) is 1. The summed E-state index contributed by atoms with van der Waals surface area (Å²) < 4.78 is 32.2. The van der Waals surface area contributed by atoms with E-state index in [4.69, 9.17) is 4.52 Å². The molecule has 1 aromatic heterocycles. The minimum atomic E-state index is -0.784. The Morgan fingerprint density at radius 3 is 2.58 bits per heavy atom. The van der Waals surface area contributed by atoms with E-state index in [1.165, 1.54) is 4.90 Å². The van der Waals surface area contributed by atoms with Crippen molar-refractivity contribution >= 4 is 5.91 Å². The molecule has 1 atom stereocenters. The van der Waals surface area contributed by atoms with E-state index in [9.17, 15) is 13.6 Å². The molecule has 1 saturated heterocycles. The lowest BCUT2D eigenvalue weighted by Crippen LogP contribution is -2.30. The van der Waals surface area contributed by atoms with Gasteiger partial charge in [0.1, 0.15) is 17.7 Å². The van der Waals surface area contributed by atoms with Crippen molar-refractivity contribution in [3.8, 4) is 11.4 Å². The molecular weight excluding hydrogens is 340 g/mol. The molecule has 7 heteroatoms. The van der Waals surface area contributed by atoms with Gasteiger partial charge in [0.2, 0.25) is 11.7 Å². The molecule has 1 aliphatic rings. The van der Waals surface area contributed by atoms with Crippen LogP contribution in [0.1, 0.15) is 35.1 Å². The average Bonchev–Trinajstić information content (AvgIpc) is 3.30. The molecule has 5 nitrogen and oxygen atoms in total. The second kappa shape index (κ2) is 6.67. The van der Waals surface area contributed by atoms with E-state index in [0.717, 1.165) is 30.2 Å². The molecule has 0 saturated carbocycles. The van der Waals surface area contributed by atoms with Gasteiger partial charge in [-0.15, -0.1) is 0 Å². The van der Waals surface area contributed by atoms with Crippen LogP contribution in [0.3, 0.4) is 0 Å². The van der Waals surface area contributed by atoms with E-state index >= 15 is 0 Å². The summed E-state index contributed by atoms with van der Waals surface area (Å²) in [6.45, 7) is 0.463. The normalized spacial score (nSPS) is 16.8. The molecule has 4 rings (SSSR count). The zero-order valence-corrected chi connectivity index (χ0v) is 13.7. The maximum atomic E-state index is 13.4. The first kappa shape index (κ1) is 16.4. The second-order valence-electron chi connectivity index (χ2n) is 6.14. The third-order valence-corrected chi connectivity index (χ3v) is 4.38. The van der Waals surface area contributed by atoms with Crippen molar-refractivity contribution in [3.63, 3.8) is 0 Å². The molecule has 1 unspecified atom stereocenters. The molecule has 2 aromatic carbocycles. The molecule has 0 bridgehead atoms. The highest BCUT2D eigenvalue weighted by Gasteiger charge is 2.35. The fourth-order valence-electron chi connectivity index (χ4n) is 3.18. The molecule has 2 heterocycles. The Morgan fingerprint density at radius 1 is 1.12 bits per heavy atom. The van der Waals surface area contributed by atoms with Gasteiger partial charge in [-0.05, 0) is 25.0 Å². The number of carbonyl (C=O) groups excluding carboxylic acids is 1. The highest BCUT2D eigenvalue weighted by atomic mass is 19.1. The van der Waals surface area contributed by atoms with Gasteiger partial charge >= 0.3 is 0 Å². The minimum absolute atomic E-state index is 0.0304. The number of amides is 1. The number of aromatic nitrogens is 2. The topological polar surface area (TPSA) is 59.2 Å². The molecule has 26 heavy (non-hydrogen) atoms. The van der Waals surface area contributed by atoms with Crippen LogP contribution in [0.25, 0.3) is 11.4 Å². The molecule has 0 spiro atoms. The molecule has 3 aromatic rings. The van der Waals surface area contributed by atoms with E-state index in [0.29, 0.717) is 24.7 Å². The van der Waals surface area contributed by atoms with Gasteiger partial charge in [-0.1, -0.05) is 35.5 Å². The number of nitrogens with zero attached hydrogens (tertiary/aromatic N) is 3. The summed E-state index contributed by atoms with van der Waals surface area (Å²) in [4.78, 5) is 18.6. The summed E-state index contributed by atoms with van der Waals surface area (Å²) in [5, 5.41) is 3.98. The summed E-state index contributed by atoms with van der Waals surface area (Å²) in [6.07, 6.45) is 1.40. The van der Waals surface area contributed by atoms with Crippen molar-refractivity contribution in [2.75, 3.05) is 6.54 Å². The van der Waals surface area contributed by atoms with Gasteiger partial charge < -0.3 is 9.42 Å². The van der Waals surface area contributed by atoms with Crippen molar-refractivity contribution in [3.05, 3.63) is 71.6 Å². The Morgan fingerprint density at radius 2 is 1.85 bits per heavy atom. The molecule has 132 valence electrons. The highest BCUT2D eigenvalue weighted by molar-refractivity contribution is 5.94. The first-order valence-corrected chi connectivity index (χ1v) is 8.28. The second-order valence-corrected chi connectivity index (χ2v) is 6.14. The predicted octanol–water partition coefficient (Wildman–Crippen LogP) is 3.99. The summed E-state index contributed by atoms with van der Waals surface area (Å²) in [6, 6.07) is 11.8. The van der Waals surface area contributed by atoms with Crippen molar-refractivity contribution in [1.82, 2.24) is 15.0 Å². The summed E-state index contributed by atoms with van der Waals surface area (Å²) >= 11 is 0. The van der Waals surface area contributed by atoms with Crippen LogP contribution in [0.15, 0.2) is 53.1 Å². The number of carbonyl (C=O) groups is 1. The SMILES string of the molecule is O=C(c1cc(F)cc(F)c1)N1CCCC1c1nc(-c2ccccc2)no1. The Kier molecular flexibility index (Phi) is 4.20. The van der Waals surface area contributed by atoms with Crippen LogP contribution in [0.4, 0.5) is 8.78 Å². The van der Waals surface area contributed by atoms with Crippen molar-refractivity contribution in [2.45, 2.75) is 18.9 Å². The molecule has 1 fully saturated rings. The van der Waals surface area contributed by atoms with Crippen molar-refractivity contribution in [1.29, 1.82) is 0 Å². The highest BCUT2D eigenvalue weighted by Crippen LogP contribution is 2.33. The van der Waals surface area contributed by atoms with Crippen LogP contribution in [0.2, 0.25) is 0 Å². The fraction of sp³-hybridized carbons (Fsp3) is 0.211. The summed E-state index contributed by atoms with van der Waals surface area (Å²) in [7, 11) is 0. The third-order valence-electron chi connectivity index (χ3n) is 4.38. The Bertz CT molecular complexity index is 923. The maximum Gasteiger partial charge on any atom is 0.254 e. The Labute approximate surface area is 148 Å². The van der Waals surface area contributed by atoms with Crippen molar-refractivity contribution in [2.24, 2.45) is 0 Å². The van der Waals surface area contributed by atoms with Crippen LogP contribution in [-0.4, -0.2) is 27.5 Å². The van der Waals surface area contributed by atoms with E-state index in [1.54, 1.807) is 0 Å². The quantitative estimate of drug-likeness (QED) is 0.713. The monoisotopic (exact) mass is 355 g/mol. The van der Waals surface area contributed by atoms with Gasteiger partial charge in [-0.25, -0.2) is 8.78 Å². The first-order valence-electron chi connectivity index (χ1n) is 8.28. The molecular formula is C19H15F2N3O2. The lowest BCUT2D eigenvalue weighted by Gasteiger charge is -2.22. The van der Waals surface area contributed by atoms with Crippen molar-refractivity contribution < 1.29 is 18.1 Å². The lowest BCUT2D eigenvalue weighted by molar-refractivity contribution is 0.0709. The number of halogens is 2. The van der Waals surface area contributed by atoms with Gasteiger partial charge in [0.05, 0.1) is 0 Å². The number of hydrogen-bond donors (Lipinski definition) is 0. The van der Waals surface area contributed by atoms with Gasteiger partial charge in [0.15, 0.2) is 0 Å². The largest absolute Gasteiger partial charge is 0.337 e. The Balaban J connectivity index is 1.61. The zero-order chi connectivity index (χ0) is 18.1.